The lowest BCUT2D eigenvalue weighted by Gasteiger charge is -2.15. The number of aliphatic hydroxyl groups is 1. The van der Waals surface area contributed by atoms with E-state index < -0.39 is 6.10 Å². The Hall–Kier alpha value is -1.62. The minimum atomic E-state index is -0.768. The minimum absolute atomic E-state index is 0.0708. The van der Waals surface area contributed by atoms with E-state index in [-0.39, 0.29) is 25.2 Å². The molecule has 0 rings (SSSR count). The Balaban J connectivity index is 3.63. The van der Waals surface area contributed by atoms with Gasteiger partial charge in [0, 0.05) is 12.8 Å². The summed E-state index contributed by atoms with van der Waals surface area (Å²) in [5.74, 6) is -0.614. The highest BCUT2D eigenvalue weighted by Gasteiger charge is 2.16. The molecule has 0 heterocycles. The number of rotatable bonds is 26. The third-order valence-corrected chi connectivity index (χ3v) is 6.25. The highest BCUT2D eigenvalue weighted by atomic mass is 16.6. The van der Waals surface area contributed by atoms with Crippen molar-refractivity contribution in [3.63, 3.8) is 0 Å². The third-order valence-electron chi connectivity index (χ3n) is 6.25. The molecule has 0 bridgehead atoms. The van der Waals surface area contributed by atoms with Crippen molar-refractivity contribution in [2.75, 3.05) is 13.2 Å². The fraction of sp³-hybridized carbons (Fsp3) is 0.806. The van der Waals surface area contributed by atoms with Crippen molar-refractivity contribution in [1.82, 2.24) is 0 Å². The van der Waals surface area contributed by atoms with Crippen molar-refractivity contribution < 1.29 is 24.2 Å². The summed E-state index contributed by atoms with van der Waals surface area (Å²) in [5.41, 5.74) is 0. The summed E-state index contributed by atoms with van der Waals surface area (Å²) in [6.45, 7) is 4.02. The van der Waals surface area contributed by atoms with Gasteiger partial charge in [0.05, 0.1) is 6.61 Å². The average Bonchev–Trinajstić information content (AvgIpc) is 2.88. The smallest absolute Gasteiger partial charge is 0.306 e. The van der Waals surface area contributed by atoms with Gasteiger partial charge in [-0.25, -0.2) is 0 Å². The highest BCUT2D eigenvalue weighted by molar-refractivity contribution is 5.70. The lowest BCUT2D eigenvalue weighted by atomic mass is 10.1. The Morgan fingerprint density at radius 2 is 1.14 bits per heavy atom. The number of hydrogen-bond acceptors (Lipinski definition) is 5. The van der Waals surface area contributed by atoms with Gasteiger partial charge < -0.3 is 14.6 Å². The molecule has 0 aliphatic rings. The molecule has 36 heavy (non-hydrogen) atoms. The molecule has 0 spiro atoms. The SMILES string of the molecule is CCCC/C=C/C/C=C/CCCCCCCC(=O)OC[C@H](CO)OC(=O)CCCCCCCCCC. The number of ether oxygens (including phenoxy) is 2. The Labute approximate surface area is 222 Å². The molecule has 0 amide bonds. The summed E-state index contributed by atoms with van der Waals surface area (Å²) in [5, 5.41) is 9.43. The Morgan fingerprint density at radius 1 is 0.639 bits per heavy atom. The standard InChI is InChI=1S/C31H56O5/c1-3-5-7-9-11-13-14-15-16-17-18-20-21-23-25-30(33)35-28-29(27-32)36-31(34)26-24-22-19-12-10-8-6-4-2/h9,11,14-15,29,32H,3-8,10,12-13,16-28H2,1-2H3/b11-9+,15-14+/t29-/m0/s1. The molecule has 5 heteroatoms. The molecular weight excluding hydrogens is 452 g/mol. The summed E-state index contributed by atoms with van der Waals surface area (Å²) in [4.78, 5) is 23.9. The molecule has 0 aromatic carbocycles. The molecule has 0 radical (unpaired) electrons. The molecule has 0 fully saturated rings. The molecule has 0 aromatic heterocycles. The van der Waals surface area contributed by atoms with Crippen LogP contribution in [0.3, 0.4) is 0 Å². The zero-order valence-corrected chi connectivity index (χ0v) is 23.5. The van der Waals surface area contributed by atoms with Crippen LogP contribution >= 0.6 is 0 Å². The highest BCUT2D eigenvalue weighted by Crippen LogP contribution is 2.11. The van der Waals surface area contributed by atoms with E-state index in [1.54, 1.807) is 0 Å². The Kier molecular flexibility index (Phi) is 26.7. The van der Waals surface area contributed by atoms with E-state index in [1.807, 2.05) is 0 Å². The summed E-state index contributed by atoms with van der Waals surface area (Å²) in [7, 11) is 0. The monoisotopic (exact) mass is 508 g/mol. The van der Waals surface area contributed by atoms with E-state index in [4.69, 9.17) is 9.47 Å². The van der Waals surface area contributed by atoms with Crippen LogP contribution in [-0.2, 0) is 19.1 Å². The number of allylic oxidation sites excluding steroid dienone is 4. The van der Waals surface area contributed by atoms with Crippen LogP contribution in [0.15, 0.2) is 24.3 Å². The molecule has 0 aromatic rings. The summed E-state index contributed by atoms with van der Waals surface area (Å²) in [6, 6.07) is 0. The van der Waals surface area contributed by atoms with Gasteiger partial charge in [0.25, 0.3) is 0 Å². The molecule has 0 saturated heterocycles. The van der Waals surface area contributed by atoms with Crippen LogP contribution in [-0.4, -0.2) is 36.4 Å². The van der Waals surface area contributed by atoms with Gasteiger partial charge in [0.15, 0.2) is 6.10 Å². The first kappa shape index (κ1) is 34.4. The van der Waals surface area contributed by atoms with Crippen LogP contribution in [0.1, 0.15) is 142 Å². The van der Waals surface area contributed by atoms with Gasteiger partial charge in [-0.3, -0.25) is 9.59 Å². The van der Waals surface area contributed by atoms with Gasteiger partial charge in [0.2, 0.25) is 0 Å². The second kappa shape index (κ2) is 28.0. The lowest BCUT2D eigenvalue weighted by Crippen LogP contribution is -2.28. The third kappa shape index (κ3) is 25.5. The van der Waals surface area contributed by atoms with Crippen LogP contribution in [0.2, 0.25) is 0 Å². The van der Waals surface area contributed by atoms with Crippen molar-refractivity contribution >= 4 is 11.9 Å². The summed E-state index contributed by atoms with van der Waals surface area (Å²) in [6.07, 6.45) is 29.4. The Bertz CT molecular complexity index is 555. The minimum Gasteiger partial charge on any atom is -0.462 e. The van der Waals surface area contributed by atoms with E-state index in [0.717, 1.165) is 51.4 Å². The molecule has 5 nitrogen and oxygen atoms in total. The van der Waals surface area contributed by atoms with E-state index >= 15 is 0 Å². The first-order chi connectivity index (χ1) is 17.6. The van der Waals surface area contributed by atoms with Gasteiger partial charge in [0.1, 0.15) is 6.61 Å². The van der Waals surface area contributed by atoms with Gasteiger partial charge in [-0.05, 0) is 38.5 Å². The normalized spacial score (nSPS) is 12.4. The number of unbranched alkanes of at least 4 members (excludes halogenated alkanes) is 14. The molecule has 1 N–H and O–H groups in total. The summed E-state index contributed by atoms with van der Waals surface area (Å²) < 4.78 is 10.5. The molecule has 0 saturated carbocycles. The predicted molar refractivity (Wildman–Crippen MR) is 150 cm³/mol. The predicted octanol–water partition coefficient (Wildman–Crippen LogP) is 8.39. The molecule has 0 unspecified atom stereocenters. The van der Waals surface area contributed by atoms with Crippen LogP contribution in [0.25, 0.3) is 0 Å². The fourth-order valence-corrected chi connectivity index (χ4v) is 3.92. The number of carbonyl (C=O) groups is 2. The molecule has 0 aliphatic heterocycles. The number of aliphatic hydroxyl groups excluding tert-OH is 1. The molecule has 0 aliphatic carbocycles. The quantitative estimate of drug-likeness (QED) is 0.0721. The second-order valence-electron chi connectivity index (χ2n) is 9.83. The maximum atomic E-state index is 12.0. The molecular formula is C31H56O5. The Morgan fingerprint density at radius 3 is 1.72 bits per heavy atom. The van der Waals surface area contributed by atoms with Crippen LogP contribution < -0.4 is 0 Å². The maximum Gasteiger partial charge on any atom is 0.306 e. The first-order valence-electron chi connectivity index (χ1n) is 14.9. The van der Waals surface area contributed by atoms with E-state index in [1.165, 1.54) is 64.2 Å². The van der Waals surface area contributed by atoms with Gasteiger partial charge >= 0.3 is 11.9 Å². The van der Waals surface area contributed by atoms with Gasteiger partial charge in [-0.1, -0.05) is 115 Å². The topological polar surface area (TPSA) is 72.8 Å². The van der Waals surface area contributed by atoms with Crippen LogP contribution in [0, 0.1) is 0 Å². The lowest BCUT2D eigenvalue weighted by molar-refractivity contribution is -0.161. The zero-order chi connectivity index (χ0) is 26.5. The van der Waals surface area contributed by atoms with Crippen molar-refractivity contribution in [1.29, 1.82) is 0 Å². The van der Waals surface area contributed by atoms with E-state index in [9.17, 15) is 14.7 Å². The van der Waals surface area contributed by atoms with E-state index in [2.05, 4.69) is 38.2 Å². The van der Waals surface area contributed by atoms with Crippen molar-refractivity contribution in [2.45, 2.75) is 148 Å². The second-order valence-corrected chi connectivity index (χ2v) is 9.83. The van der Waals surface area contributed by atoms with Crippen molar-refractivity contribution in [3.05, 3.63) is 24.3 Å². The maximum absolute atomic E-state index is 12.0. The largest absolute Gasteiger partial charge is 0.462 e. The van der Waals surface area contributed by atoms with E-state index in [0.29, 0.717) is 12.8 Å². The average molecular weight is 509 g/mol. The molecule has 210 valence electrons. The van der Waals surface area contributed by atoms with Crippen molar-refractivity contribution in [2.24, 2.45) is 0 Å². The van der Waals surface area contributed by atoms with Gasteiger partial charge in [-0.15, -0.1) is 0 Å². The fourth-order valence-electron chi connectivity index (χ4n) is 3.92. The van der Waals surface area contributed by atoms with Crippen LogP contribution in [0.5, 0.6) is 0 Å². The molecule has 1 atom stereocenters. The number of hydrogen-bond donors (Lipinski definition) is 1. The zero-order valence-electron chi connectivity index (χ0n) is 23.5. The number of carbonyl (C=O) groups excluding carboxylic acids is 2. The van der Waals surface area contributed by atoms with Crippen molar-refractivity contribution in [3.8, 4) is 0 Å². The first-order valence-corrected chi connectivity index (χ1v) is 14.9. The number of esters is 2. The van der Waals surface area contributed by atoms with Crippen LogP contribution in [0.4, 0.5) is 0 Å². The van der Waals surface area contributed by atoms with Gasteiger partial charge in [-0.2, -0.15) is 0 Å². The summed E-state index contributed by atoms with van der Waals surface area (Å²) >= 11 is 0.